The third-order valence-electron chi connectivity index (χ3n) is 4.54. The summed E-state index contributed by atoms with van der Waals surface area (Å²) in [6.07, 6.45) is -1.67. The van der Waals surface area contributed by atoms with Gasteiger partial charge in [-0.1, -0.05) is 54.6 Å². The van der Waals surface area contributed by atoms with Gasteiger partial charge in [0.1, 0.15) is 0 Å². The lowest BCUT2D eigenvalue weighted by molar-refractivity contribution is 1.33. The SMILES string of the molecule is ClB1N(c2ccccc2)B(Cl)N(c2ccccc2)B(Cl)N1c1ccccc1. The van der Waals surface area contributed by atoms with E-state index in [1.807, 2.05) is 105 Å². The Morgan fingerprint density at radius 2 is 0.630 bits per heavy atom. The molecule has 3 aromatic carbocycles. The minimum Gasteiger partial charge on any atom is -0.396 e. The molecule has 3 nitrogen and oxygen atoms in total. The van der Waals surface area contributed by atoms with Crippen LogP contribution < -0.4 is 14.2 Å². The van der Waals surface area contributed by atoms with E-state index in [0.29, 0.717) is 0 Å². The van der Waals surface area contributed by atoms with E-state index in [4.69, 9.17) is 34.4 Å². The Labute approximate surface area is 175 Å². The van der Waals surface area contributed by atoms with Crippen LogP contribution in [0.1, 0.15) is 0 Å². The molecule has 1 aliphatic heterocycles. The number of anilines is 3. The molecular formula is C18H15B3Cl3N3. The summed E-state index contributed by atoms with van der Waals surface area (Å²) in [5, 5.41) is 0. The lowest BCUT2D eigenvalue weighted by Crippen LogP contribution is -2.74. The van der Waals surface area contributed by atoms with Crippen molar-refractivity contribution in [1.82, 2.24) is 0 Å². The average Bonchev–Trinajstić information content (AvgIpc) is 2.70. The van der Waals surface area contributed by atoms with Crippen molar-refractivity contribution in [3.05, 3.63) is 91.0 Å². The fourth-order valence-electron chi connectivity index (χ4n) is 3.25. The van der Waals surface area contributed by atoms with E-state index in [1.165, 1.54) is 0 Å². The van der Waals surface area contributed by atoms with Crippen molar-refractivity contribution in [3.63, 3.8) is 0 Å². The molecule has 1 heterocycles. The molecule has 0 aliphatic carbocycles. The van der Waals surface area contributed by atoms with Crippen LogP contribution in [0.15, 0.2) is 91.0 Å². The van der Waals surface area contributed by atoms with Gasteiger partial charge in [-0.3, -0.25) is 0 Å². The second kappa shape index (κ2) is 8.01. The third-order valence-corrected chi connectivity index (χ3v) is 5.80. The summed E-state index contributed by atoms with van der Waals surface area (Å²) in [7, 11) is 0. The summed E-state index contributed by atoms with van der Waals surface area (Å²) in [6.45, 7) is 0. The smallest absolute Gasteiger partial charge is 0.396 e. The van der Waals surface area contributed by atoms with Crippen LogP contribution in [0.5, 0.6) is 0 Å². The lowest BCUT2D eigenvalue weighted by atomic mass is 9.69. The van der Waals surface area contributed by atoms with Crippen molar-refractivity contribution in [3.8, 4) is 0 Å². The topological polar surface area (TPSA) is 9.72 Å². The lowest BCUT2D eigenvalue weighted by Gasteiger charge is -2.50. The van der Waals surface area contributed by atoms with Gasteiger partial charge in [0.25, 0.3) is 0 Å². The van der Waals surface area contributed by atoms with Crippen LogP contribution in [0.25, 0.3) is 0 Å². The number of benzene rings is 3. The Kier molecular flexibility index (Phi) is 5.49. The molecule has 4 rings (SSSR count). The van der Waals surface area contributed by atoms with Gasteiger partial charge in [-0.15, -0.1) is 34.4 Å². The van der Waals surface area contributed by atoms with E-state index in [9.17, 15) is 0 Å². The molecule has 0 spiro atoms. The molecule has 1 aliphatic rings. The van der Waals surface area contributed by atoms with Crippen LogP contribution in [0, 0.1) is 0 Å². The largest absolute Gasteiger partial charge is 0.464 e. The van der Waals surface area contributed by atoms with Crippen molar-refractivity contribution < 1.29 is 0 Å². The highest BCUT2D eigenvalue weighted by Crippen LogP contribution is 2.36. The quantitative estimate of drug-likeness (QED) is 0.549. The monoisotopic (exact) mass is 411 g/mol. The van der Waals surface area contributed by atoms with Gasteiger partial charge in [-0.05, 0) is 36.4 Å². The van der Waals surface area contributed by atoms with Crippen molar-refractivity contribution in [2.24, 2.45) is 0 Å². The van der Waals surface area contributed by atoms with Gasteiger partial charge in [0, 0.05) is 17.1 Å². The zero-order chi connectivity index (χ0) is 18.8. The second-order valence-electron chi connectivity index (χ2n) is 6.16. The first kappa shape index (κ1) is 18.5. The van der Waals surface area contributed by atoms with Gasteiger partial charge in [-0.25, -0.2) is 0 Å². The summed E-state index contributed by atoms with van der Waals surface area (Å²) in [5.41, 5.74) is 2.76. The molecule has 0 bridgehead atoms. The van der Waals surface area contributed by atoms with E-state index in [2.05, 4.69) is 0 Å². The van der Waals surface area contributed by atoms with E-state index in [1.54, 1.807) is 0 Å². The van der Waals surface area contributed by atoms with Gasteiger partial charge >= 0.3 is 19.2 Å². The standard InChI is InChI=1S/C18H15B3Cl3N3/c22-19-25(16-10-4-1-5-11-16)20(23)27(18-14-8-3-9-15-18)21(24)26(19)17-12-6-2-7-13-17/h1-15H. The number of hydrogen-bond donors (Lipinski definition) is 0. The molecule has 9 heteroatoms. The van der Waals surface area contributed by atoms with Crippen LogP contribution >= 0.6 is 34.4 Å². The molecule has 1 fully saturated rings. The maximum Gasteiger partial charge on any atom is 0.464 e. The van der Waals surface area contributed by atoms with E-state index >= 15 is 0 Å². The Hall–Kier alpha value is -1.88. The highest BCUT2D eigenvalue weighted by atomic mass is 35.5. The fourth-order valence-corrected chi connectivity index (χ4v) is 4.73. The summed E-state index contributed by atoms with van der Waals surface area (Å²) in [6, 6.07) is 29.7. The molecule has 0 atom stereocenters. The van der Waals surface area contributed by atoms with Crippen LogP contribution in [-0.4, -0.2) is 19.2 Å². The molecule has 0 N–H and O–H groups in total. The first-order valence-electron chi connectivity index (χ1n) is 8.61. The van der Waals surface area contributed by atoms with Gasteiger partial charge in [0.05, 0.1) is 0 Å². The summed E-state index contributed by atoms with van der Waals surface area (Å²) in [5.74, 6) is 0. The summed E-state index contributed by atoms with van der Waals surface area (Å²) in [4.78, 5) is 0. The number of halogens is 3. The number of hydrogen-bond acceptors (Lipinski definition) is 3. The molecule has 3 aromatic rings. The molecule has 0 saturated carbocycles. The van der Waals surface area contributed by atoms with Crippen LogP contribution in [0.4, 0.5) is 17.1 Å². The van der Waals surface area contributed by atoms with Crippen molar-refractivity contribution in [2.75, 3.05) is 14.2 Å². The first-order valence-corrected chi connectivity index (χ1v) is 9.92. The first-order chi connectivity index (χ1) is 13.2. The number of para-hydroxylation sites is 3. The molecule has 0 radical (unpaired) electrons. The third kappa shape index (κ3) is 3.50. The number of nitrogens with zero attached hydrogens (tertiary/aromatic N) is 3. The fraction of sp³-hybridized carbons (Fsp3) is 0. The predicted octanol–water partition coefficient (Wildman–Crippen LogP) is 5.19. The minimum absolute atomic E-state index is 0.556. The predicted molar refractivity (Wildman–Crippen MR) is 122 cm³/mol. The van der Waals surface area contributed by atoms with Crippen molar-refractivity contribution >= 4 is 70.6 Å². The van der Waals surface area contributed by atoms with E-state index < -0.39 is 19.2 Å². The van der Waals surface area contributed by atoms with Crippen LogP contribution in [0.3, 0.4) is 0 Å². The molecular weight excluding hydrogens is 397 g/mol. The van der Waals surface area contributed by atoms with Crippen molar-refractivity contribution in [2.45, 2.75) is 0 Å². The van der Waals surface area contributed by atoms with E-state index in [-0.39, 0.29) is 0 Å². The Morgan fingerprint density at radius 3 is 0.852 bits per heavy atom. The van der Waals surface area contributed by atoms with Gasteiger partial charge in [0.2, 0.25) is 0 Å². The molecule has 0 amide bonds. The molecule has 0 unspecified atom stereocenters. The summed E-state index contributed by atoms with van der Waals surface area (Å²) < 4.78 is 5.84. The Morgan fingerprint density at radius 1 is 0.407 bits per heavy atom. The molecule has 27 heavy (non-hydrogen) atoms. The van der Waals surface area contributed by atoms with Gasteiger partial charge < -0.3 is 14.2 Å². The maximum absolute atomic E-state index is 6.92. The average molecular weight is 412 g/mol. The van der Waals surface area contributed by atoms with Gasteiger partial charge in [0.15, 0.2) is 0 Å². The number of rotatable bonds is 3. The Balaban J connectivity index is 1.83. The second-order valence-corrected chi connectivity index (χ2v) is 7.33. The zero-order valence-electron chi connectivity index (χ0n) is 14.4. The van der Waals surface area contributed by atoms with E-state index in [0.717, 1.165) is 17.1 Å². The highest BCUT2D eigenvalue weighted by molar-refractivity contribution is 7.37. The van der Waals surface area contributed by atoms with Crippen LogP contribution in [-0.2, 0) is 0 Å². The normalized spacial score (nSPS) is 14.8. The van der Waals surface area contributed by atoms with Crippen molar-refractivity contribution in [1.29, 1.82) is 0 Å². The zero-order valence-corrected chi connectivity index (χ0v) is 16.6. The maximum atomic E-state index is 6.92. The highest BCUT2D eigenvalue weighted by Gasteiger charge is 2.53. The minimum atomic E-state index is -0.556. The van der Waals surface area contributed by atoms with Crippen LogP contribution in [0.2, 0.25) is 0 Å². The molecule has 132 valence electrons. The Bertz CT molecular complexity index is 746. The molecule has 1 saturated heterocycles. The summed E-state index contributed by atoms with van der Waals surface area (Å²) >= 11 is 20.7. The van der Waals surface area contributed by atoms with Gasteiger partial charge in [-0.2, -0.15) is 0 Å². The molecule has 0 aromatic heterocycles.